The fraction of sp³-hybridized carbons (Fsp3) is 0.462. The molecule has 4 nitrogen and oxygen atoms in total. The summed E-state index contributed by atoms with van der Waals surface area (Å²) in [5.41, 5.74) is 11.6. The van der Waals surface area contributed by atoms with Crippen molar-refractivity contribution in [2.75, 3.05) is 18.8 Å². The van der Waals surface area contributed by atoms with Crippen LogP contribution in [0.5, 0.6) is 0 Å². The van der Waals surface area contributed by atoms with E-state index >= 15 is 0 Å². The topological polar surface area (TPSA) is 72.4 Å². The average molecular weight is 251 g/mol. The Balaban J connectivity index is 2.05. The zero-order chi connectivity index (χ0) is 13.1. The number of nitrogens with two attached hydrogens (primary N) is 2. The van der Waals surface area contributed by atoms with Gasteiger partial charge in [0, 0.05) is 18.7 Å². The van der Waals surface area contributed by atoms with Crippen molar-refractivity contribution < 1.29 is 9.18 Å². The molecule has 0 spiro atoms. The fourth-order valence-electron chi connectivity index (χ4n) is 2.39. The maximum atomic E-state index is 13.8. The number of hydrogen-bond donors (Lipinski definition) is 2. The number of primary amides is 1. The minimum absolute atomic E-state index is 0.122. The molecule has 5 heteroatoms. The smallest absolute Gasteiger partial charge is 0.221 e. The summed E-state index contributed by atoms with van der Waals surface area (Å²) in [4.78, 5) is 13.2. The highest BCUT2D eigenvalue weighted by molar-refractivity contribution is 5.76. The van der Waals surface area contributed by atoms with Gasteiger partial charge in [-0.15, -0.1) is 0 Å². The molecule has 4 N–H and O–H groups in total. The average Bonchev–Trinajstić information content (AvgIpc) is 2.35. The summed E-state index contributed by atoms with van der Waals surface area (Å²) in [6.07, 6.45) is 1.74. The van der Waals surface area contributed by atoms with Crippen molar-refractivity contribution in [1.82, 2.24) is 4.90 Å². The summed E-state index contributed by atoms with van der Waals surface area (Å²) in [5, 5.41) is 0. The van der Waals surface area contributed by atoms with E-state index in [0.29, 0.717) is 18.7 Å². The van der Waals surface area contributed by atoms with Gasteiger partial charge in [0.1, 0.15) is 0 Å². The molecule has 98 valence electrons. The number of nitrogen functional groups attached to an aromatic ring is 1. The van der Waals surface area contributed by atoms with Crippen LogP contribution >= 0.6 is 0 Å². The van der Waals surface area contributed by atoms with Gasteiger partial charge in [0.25, 0.3) is 0 Å². The Kier molecular flexibility index (Phi) is 3.81. The predicted octanol–water partition coefficient (Wildman–Crippen LogP) is 1.11. The van der Waals surface area contributed by atoms with Gasteiger partial charge in [0.15, 0.2) is 5.82 Å². The maximum absolute atomic E-state index is 13.8. The minimum Gasteiger partial charge on any atom is -0.396 e. The lowest BCUT2D eigenvalue weighted by Gasteiger charge is -2.31. The molecule has 2 rings (SSSR count). The molecule has 1 unspecified atom stereocenters. The van der Waals surface area contributed by atoms with Crippen LogP contribution in [0.25, 0.3) is 0 Å². The third-order valence-corrected chi connectivity index (χ3v) is 3.41. The second kappa shape index (κ2) is 5.35. The number of carbonyl (C=O) groups excluding carboxylic acids is 1. The lowest BCUT2D eigenvalue weighted by atomic mass is 9.97. The second-order valence-electron chi connectivity index (χ2n) is 4.80. The van der Waals surface area contributed by atoms with Crippen LogP contribution in [0.2, 0.25) is 0 Å². The van der Waals surface area contributed by atoms with Crippen molar-refractivity contribution in [2.24, 2.45) is 11.7 Å². The van der Waals surface area contributed by atoms with Crippen LogP contribution in [0.15, 0.2) is 18.2 Å². The Morgan fingerprint density at radius 1 is 1.50 bits per heavy atom. The van der Waals surface area contributed by atoms with Crippen molar-refractivity contribution in [3.63, 3.8) is 0 Å². The van der Waals surface area contributed by atoms with Crippen molar-refractivity contribution >= 4 is 11.6 Å². The monoisotopic (exact) mass is 251 g/mol. The van der Waals surface area contributed by atoms with E-state index < -0.39 is 0 Å². The van der Waals surface area contributed by atoms with Crippen LogP contribution in [0.4, 0.5) is 10.1 Å². The highest BCUT2D eigenvalue weighted by Gasteiger charge is 2.24. The number of hydrogen-bond acceptors (Lipinski definition) is 3. The van der Waals surface area contributed by atoms with Gasteiger partial charge < -0.3 is 11.5 Å². The van der Waals surface area contributed by atoms with Gasteiger partial charge in [-0.1, -0.05) is 12.1 Å². The molecule has 1 fully saturated rings. The Bertz CT molecular complexity index is 450. The van der Waals surface area contributed by atoms with Gasteiger partial charge in [0.05, 0.1) is 11.6 Å². The van der Waals surface area contributed by atoms with Crippen molar-refractivity contribution in [3.8, 4) is 0 Å². The van der Waals surface area contributed by atoms with E-state index in [-0.39, 0.29) is 23.3 Å². The Morgan fingerprint density at radius 2 is 2.28 bits per heavy atom. The molecule has 18 heavy (non-hydrogen) atoms. The van der Waals surface area contributed by atoms with Crippen LogP contribution in [0.3, 0.4) is 0 Å². The van der Waals surface area contributed by atoms with E-state index in [2.05, 4.69) is 4.90 Å². The number of likely N-dealkylation sites (tertiary alicyclic amines) is 1. The summed E-state index contributed by atoms with van der Waals surface area (Å²) in [5.74, 6) is -0.755. The molecule has 1 heterocycles. The van der Waals surface area contributed by atoms with Gasteiger partial charge >= 0.3 is 0 Å². The molecule has 1 aliphatic heterocycles. The number of halogens is 1. The second-order valence-corrected chi connectivity index (χ2v) is 4.80. The van der Waals surface area contributed by atoms with E-state index in [4.69, 9.17) is 11.5 Å². The van der Waals surface area contributed by atoms with Crippen molar-refractivity contribution in [3.05, 3.63) is 29.6 Å². The Morgan fingerprint density at radius 3 is 3.00 bits per heavy atom. The summed E-state index contributed by atoms with van der Waals surface area (Å²) in [6.45, 7) is 1.93. The molecule has 1 amide bonds. The van der Waals surface area contributed by atoms with Gasteiger partial charge in [-0.3, -0.25) is 9.69 Å². The van der Waals surface area contributed by atoms with Crippen LogP contribution in [0, 0.1) is 11.7 Å². The largest absolute Gasteiger partial charge is 0.396 e. The number of piperidine rings is 1. The standard InChI is InChI=1S/C13H18FN3O/c14-12-9(3-1-5-11(12)15)7-17-6-2-4-10(8-17)13(16)18/h1,3,5,10H,2,4,6-8,15H2,(H2,16,18). The number of anilines is 1. The first-order chi connectivity index (χ1) is 8.58. The first-order valence-electron chi connectivity index (χ1n) is 6.12. The molecule has 1 aromatic carbocycles. The molecule has 1 atom stereocenters. The molecule has 1 saturated heterocycles. The number of rotatable bonds is 3. The molecule has 1 aromatic rings. The van der Waals surface area contributed by atoms with Crippen LogP contribution in [0.1, 0.15) is 18.4 Å². The SMILES string of the molecule is NC(=O)C1CCCN(Cc2cccc(N)c2F)C1. The fourth-order valence-corrected chi connectivity index (χ4v) is 2.39. The molecule has 0 aromatic heterocycles. The Hall–Kier alpha value is -1.62. The quantitative estimate of drug-likeness (QED) is 0.790. The molecule has 0 radical (unpaired) electrons. The zero-order valence-electron chi connectivity index (χ0n) is 10.2. The van der Waals surface area contributed by atoms with Gasteiger partial charge in [-0.05, 0) is 25.5 Å². The number of carbonyl (C=O) groups is 1. The van der Waals surface area contributed by atoms with E-state index in [1.165, 1.54) is 0 Å². The van der Waals surface area contributed by atoms with Gasteiger partial charge in [0.2, 0.25) is 5.91 Å². The molecule has 0 bridgehead atoms. The van der Waals surface area contributed by atoms with E-state index in [9.17, 15) is 9.18 Å². The number of benzene rings is 1. The highest BCUT2D eigenvalue weighted by Crippen LogP contribution is 2.21. The molecular weight excluding hydrogens is 233 g/mol. The van der Waals surface area contributed by atoms with Crippen molar-refractivity contribution in [1.29, 1.82) is 0 Å². The summed E-state index contributed by atoms with van der Waals surface area (Å²) >= 11 is 0. The van der Waals surface area contributed by atoms with Crippen LogP contribution in [-0.2, 0) is 11.3 Å². The lowest BCUT2D eigenvalue weighted by Crippen LogP contribution is -2.40. The first kappa shape index (κ1) is 12.8. The third kappa shape index (κ3) is 2.79. The molecule has 1 aliphatic rings. The first-order valence-corrected chi connectivity index (χ1v) is 6.12. The number of amides is 1. The highest BCUT2D eigenvalue weighted by atomic mass is 19.1. The van der Waals surface area contributed by atoms with Crippen molar-refractivity contribution in [2.45, 2.75) is 19.4 Å². The van der Waals surface area contributed by atoms with Crippen LogP contribution in [-0.4, -0.2) is 23.9 Å². The normalized spacial score (nSPS) is 20.8. The minimum atomic E-state index is -0.362. The van der Waals surface area contributed by atoms with Crippen LogP contribution < -0.4 is 11.5 Å². The molecular formula is C13H18FN3O. The van der Waals surface area contributed by atoms with E-state index in [1.807, 2.05) is 0 Å². The lowest BCUT2D eigenvalue weighted by molar-refractivity contribution is -0.123. The Labute approximate surface area is 106 Å². The van der Waals surface area contributed by atoms with Gasteiger partial charge in [-0.25, -0.2) is 4.39 Å². The summed E-state index contributed by atoms with van der Waals surface area (Å²) < 4.78 is 13.8. The maximum Gasteiger partial charge on any atom is 0.221 e. The summed E-state index contributed by atoms with van der Waals surface area (Å²) in [7, 11) is 0. The molecule has 0 saturated carbocycles. The number of nitrogens with zero attached hydrogens (tertiary/aromatic N) is 1. The van der Waals surface area contributed by atoms with E-state index in [1.54, 1.807) is 18.2 Å². The predicted molar refractivity (Wildman–Crippen MR) is 68.0 cm³/mol. The van der Waals surface area contributed by atoms with Gasteiger partial charge in [-0.2, -0.15) is 0 Å². The summed E-state index contributed by atoms with van der Waals surface area (Å²) in [6, 6.07) is 5.00. The van der Waals surface area contributed by atoms with E-state index in [0.717, 1.165) is 19.4 Å². The third-order valence-electron chi connectivity index (χ3n) is 3.41. The molecule has 0 aliphatic carbocycles. The zero-order valence-corrected chi connectivity index (χ0v) is 10.2.